The molecule has 1 aliphatic rings. The van der Waals surface area contributed by atoms with E-state index in [4.69, 9.17) is 0 Å². The minimum atomic E-state index is -2.81. The van der Waals surface area contributed by atoms with Gasteiger partial charge in [0.05, 0.1) is 5.75 Å². The van der Waals surface area contributed by atoms with E-state index in [0.717, 1.165) is 18.8 Å². The maximum absolute atomic E-state index is 11.1. The van der Waals surface area contributed by atoms with E-state index in [1.807, 2.05) is 7.05 Å². The van der Waals surface area contributed by atoms with Gasteiger partial charge in [-0.3, -0.25) is 0 Å². The van der Waals surface area contributed by atoms with Crippen LogP contribution in [0.1, 0.15) is 51.4 Å². The lowest BCUT2D eigenvalue weighted by atomic mass is 9.85. The molecule has 0 heterocycles. The van der Waals surface area contributed by atoms with E-state index < -0.39 is 9.84 Å². The molecule has 0 aromatic heterocycles. The number of hydrogen-bond donors (Lipinski definition) is 1. The Morgan fingerprint density at radius 2 is 1.82 bits per heavy atom. The summed E-state index contributed by atoms with van der Waals surface area (Å²) in [5.74, 6) is 1.20. The molecule has 1 atom stereocenters. The van der Waals surface area contributed by atoms with Gasteiger partial charge in [0.1, 0.15) is 9.84 Å². The van der Waals surface area contributed by atoms with Gasteiger partial charge >= 0.3 is 0 Å². The topological polar surface area (TPSA) is 46.2 Å². The van der Waals surface area contributed by atoms with Crippen molar-refractivity contribution >= 4 is 9.84 Å². The van der Waals surface area contributed by atoms with Gasteiger partial charge in [-0.15, -0.1) is 0 Å². The second-order valence-corrected chi connectivity index (χ2v) is 7.75. The summed E-state index contributed by atoms with van der Waals surface area (Å²) in [5.41, 5.74) is 0. The summed E-state index contributed by atoms with van der Waals surface area (Å²) in [7, 11) is -0.874. The summed E-state index contributed by atoms with van der Waals surface area (Å²) in [5, 5.41) is 3.25. The Balaban J connectivity index is 2.21. The summed E-state index contributed by atoms with van der Waals surface area (Å²) >= 11 is 0. The number of sulfone groups is 1. The van der Waals surface area contributed by atoms with Gasteiger partial charge in [0.15, 0.2) is 0 Å². The van der Waals surface area contributed by atoms with Crippen molar-refractivity contribution in [3.63, 3.8) is 0 Å². The summed E-state index contributed by atoms with van der Waals surface area (Å²) < 4.78 is 22.3. The second-order valence-electron chi connectivity index (χ2n) is 5.49. The van der Waals surface area contributed by atoms with Crippen molar-refractivity contribution < 1.29 is 8.42 Å². The Kier molecular flexibility index (Phi) is 6.49. The smallest absolute Gasteiger partial charge is 0.147 e. The Morgan fingerprint density at radius 1 is 1.18 bits per heavy atom. The van der Waals surface area contributed by atoms with Gasteiger partial charge in [-0.1, -0.05) is 32.1 Å². The first-order valence-electron chi connectivity index (χ1n) is 6.86. The van der Waals surface area contributed by atoms with Gasteiger partial charge in [-0.05, 0) is 32.2 Å². The molecule has 0 aromatic carbocycles. The van der Waals surface area contributed by atoms with E-state index in [1.165, 1.54) is 44.8 Å². The Labute approximate surface area is 106 Å². The summed E-state index contributed by atoms with van der Waals surface area (Å²) in [4.78, 5) is 0. The summed E-state index contributed by atoms with van der Waals surface area (Å²) in [6.07, 6.45) is 11.4. The van der Waals surface area contributed by atoms with Gasteiger partial charge in [0.2, 0.25) is 0 Å². The van der Waals surface area contributed by atoms with Crippen molar-refractivity contribution in [3.8, 4) is 0 Å². The quantitative estimate of drug-likeness (QED) is 0.765. The van der Waals surface area contributed by atoms with Crippen LogP contribution in [-0.4, -0.2) is 33.5 Å². The zero-order valence-electron chi connectivity index (χ0n) is 11.2. The molecule has 1 aliphatic carbocycles. The molecule has 1 N–H and O–H groups in total. The molecule has 1 fully saturated rings. The highest BCUT2D eigenvalue weighted by Gasteiger charge is 2.16. The second kappa shape index (κ2) is 7.37. The van der Waals surface area contributed by atoms with E-state index in [2.05, 4.69) is 5.32 Å². The van der Waals surface area contributed by atoms with Crippen molar-refractivity contribution in [2.24, 2.45) is 5.92 Å². The van der Waals surface area contributed by atoms with Crippen LogP contribution in [-0.2, 0) is 9.84 Å². The normalized spacial score (nSPS) is 20.4. The van der Waals surface area contributed by atoms with Crippen LogP contribution in [0.4, 0.5) is 0 Å². The van der Waals surface area contributed by atoms with Gasteiger partial charge in [0, 0.05) is 12.3 Å². The van der Waals surface area contributed by atoms with E-state index in [0.29, 0.717) is 11.8 Å². The lowest BCUT2D eigenvalue weighted by Crippen LogP contribution is -2.28. The lowest BCUT2D eigenvalue weighted by molar-refractivity contribution is 0.314. The molecule has 1 saturated carbocycles. The van der Waals surface area contributed by atoms with Crippen LogP contribution in [0, 0.1) is 5.92 Å². The third-order valence-electron chi connectivity index (χ3n) is 3.89. The van der Waals surface area contributed by atoms with Crippen molar-refractivity contribution in [2.45, 2.75) is 57.4 Å². The molecular weight excluding hydrogens is 234 g/mol. The third-order valence-corrected chi connectivity index (χ3v) is 4.87. The zero-order chi connectivity index (χ0) is 12.7. The average molecular weight is 261 g/mol. The number of rotatable bonds is 7. The highest BCUT2D eigenvalue weighted by atomic mass is 32.2. The Bertz CT molecular complexity index is 295. The summed E-state index contributed by atoms with van der Waals surface area (Å²) in [6.45, 7) is 0. The maximum Gasteiger partial charge on any atom is 0.147 e. The Morgan fingerprint density at radius 3 is 2.35 bits per heavy atom. The molecule has 0 aliphatic heterocycles. The van der Waals surface area contributed by atoms with Crippen LogP contribution in [0.25, 0.3) is 0 Å². The van der Waals surface area contributed by atoms with E-state index >= 15 is 0 Å². The molecule has 0 radical (unpaired) electrons. The zero-order valence-corrected chi connectivity index (χ0v) is 12.1. The molecule has 102 valence electrons. The van der Waals surface area contributed by atoms with Crippen molar-refractivity contribution in [1.29, 1.82) is 0 Å². The van der Waals surface area contributed by atoms with Crippen molar-refractivity contribution in [1.82, 2.24) is 5.32 Å². The number of nitrogens with one attached hydrogen (secondary N) is 1. The fourth-order valence-corrected chi connectivity index (χ4v) is 3.41. The third kappa shape index (κ3) is 7.04. The monoisotopic (exact) mass is 261 g/mol. The maximum atomic E-state index is 11.1. The van der Waals surface area contributed by atoms with Gasteiger partial charge < -0.3 is 5.32 Å². The molecule has 3 nitrogen and oxygen atoms in total. The van der Waals surface area contributed by atoms with Crippen LogP contribution in [0.2, 0.25) is 0 Å². The Hall–Kier alpha value is -0.0900. The number of hydrogen-bond acceptors (Lipinski definition) is 3. The molecule has 0 spiro atoms. The molecule has 4 heteroatoms. The predicted molar refractivity (Wildman–Crippen MR) is 73.0 cm³/mol. The minimum Gasteiger partial charge on any atom is -0.317 e. The van der Waals surface area contributed by atoms with Crippen LogP contribution >= 0.6 is 0 Å². The van der Waals surface area contributed by atoms with Crippen molar-refractivity contribution in [3.05, 3.63) is 0 Å². The average Bonchev–Trinajstić information content (AvgIpc) is 2.29. The van der Waals surface area contributed by atoms with Crippen LogP contribution in [0.15, 0.2) is 0 Å². The van der Waals surface area contributed by atoms with Gasteiger partial charge in [-0.2, -0.15) is 0 Å². The van der Waals surface area contributed by atoms with Crippen molar-refractivity contribution in [2.75, 3.05) is 19.1 Å². The molecule has 0 amide bonds. The largest absolute Gasteiger partial charge is 0.317 e. The first-order valence-corrected chi connectivity index (χ1v) is 8.92. The van der Waals surface area contributed by atoms with Gasteiger partial charge in [0.25, 0.3) is 0 Å². The van der Waals surface area contributed by atoms with Crippen LogP contribution in [0.5, 0.6) is 0 Å². The lowest BCUT2D eigenvalue weighted by Gasteiger charge is -2.24. The van der Waals surface area contributed by atoms with Gasteiger partial charge in [-0.25, -0.2) is 8.42 Å². The predicted octanol–water partition coefficient (Wildman–Crippen LogP) is 2.37. The molecular formula is C13H27NO2S. The fourth-order valence-electron chi connectivity index (χ4n) is 2.70. The van der Waals surface area contributed by atoms with E-state index in [9.17, 15) is 8.42 Å². The van der Waals surface area contributed by atoms with Crippen LogP contribution in [0.3, 0.4) is 0 Å². The standard InChI is InChI=1S/C13H27NO2S/c1-14-13(10-11-17(2,15)16)9-8-12-6-4-3-5-7-12/h12-14H,3-11H2,1-2H3. The molecule has 0 saturated heterocycles. The minimum absolute atomic E-state index is 0.309. The highest BCUT2D eigenvalue weighted by Crippen LogP contribution is 2.27. The SMILES string of the molecule is CNC(CCC1CCCCC1)CCS(C)(=O)=O. The van der Waals surface area contributed by atoms with E-state index in [-0.39, 0.29) is 0 Å². The molecule has 17 heavy (non-hydrogen) atoms. The first-order chi connectivity index (χ1) is 8.01. The highest BCUT2D eigenvalue weighted by molar-refractivity contribution is 7.90. The molecule has 0 bridgehead atoms. The van der Waals surface area contributed by atoms with Crippen LogP contribution < -0.4 is 5.32 Å². The molecule has 1 rings (SSSR count). The fraction of sp³-hybridized carbons (Fsp3) is 1.00. The van der Waals surface area contributed by atoms with E-state index in [1.54, 1.807) is 0 Å². The first kappa shape index (κ1) is 15.0. The molecule has 1 unspecified atom stereocenters. The molecule has 0 aromatic rings. The summed E-state index contributed by atoms with van der Waals surface area (Å²) in [6, 6.07) is 0.367.